The van der Waals surface area contributed by atoms with Gasteiger partial charge in [-0.2, -0.15) is 0 Å². The first kappa shape index (κ1) is 14.6. The molecule has 1 unspecified atom stereocenters. The predicted molar refractivity (Wildman–Crippen MR) is 83.2 cm³/mol. The van der Waals surface area contributed by atoms with Crippen molar-refractivity contribution in [3.8, 4) is 11.8 Å². The highest BCUT2D eigenvalue weighted by atomic mass is 35.5. The molecule has 0 aromatic heterocycles. The molecule has 1 saturated heterocycles. The Hall–Kier alpha value is -1.79. The lowest BCUT2D eigenvalue weighted by Crippen LogP contribution is -2.27. The van der Waals surface area contributed by atoms with E-state index in [-0.39, 0.29) is 6.54 Å². The van der Waals surface area contributed by atoms with Gasteiger partial charge in [-0.25, -0.2) is 4.39 Å². The van der Waals surface area contributed by atoms with E-state index in [9.17, 15) is 4.39 Å². The fourth-order valence-corrected chi connectivity index (χ4v) is 2.33. The van der Waals surface area contributed by atoms with Crippen LogP contribution in [0, 0.1) is 11.8 Å². The van der Waals surface area contributed by atoms with E-state index < -0.39 is 5.67 Å². The molecule has 2 nitrogen and oxygen atoms in total. The Balaban J connectivity index is 2.13. The Morgan fingerprint density at radius 2 is 2.40 bits per heavy atom. The molecule has 104 valence electrons. The molecule has 0 spiro atoms. The molecule has 0 N–H and O–H groups in total. The molecule has 20 heavy (non-hydrogen) atoms. The maximum atomic E-state index is 14.6. The van der Waals surface area contributed by atoms with E-state index in [0.29, 0.717) is 23.7 Å². The summed E-state index contributed by atoms with van der Waals surface area (Å²) in [6.07, 6.45) is 2.09. The third-order valence-electron chi connectivity index (χ3n) is 3.25. The molecule has 0 bridgehead atoms. The van der Waals surface area contributed by atoms with Gasteiger partial charge in [0.1, 0.15) is 5.70 Å². The number of aliphatic imine (C=N–C) groups is 1. The van der Waals surface area contributed by atoms with Crippen LogP contribution in [0.1, 0.15) is 13.3 Å². The lowest BCUT2D eigenvalue weighted by atomic mass is 10.1. The monoisotopic (exact) mass is 290 g/mol. The van der Waals surface area contributed by atoms with Gasteiger partial charge in [-0.15, -0.1) is 0 Å². The van der Waals surface area contributed by atoms with Crippen molar-refractivity contribution in [3.63, 3.8) is 0 Å². The predicted octanol–water partition coefficient (Wildman–Crippen LogP) is 3.87. The molecular weight excluding hydrogens is 275 g/mol. The number of allylic oxidation sites excluding steroid dienone is 2. The van der Waals surface area contributed by atoms with Gasteiger partial charge in [-0.1, -0.05) is 29.7 Å². The van der Waals surface area contributed by atoms with Crippen LogP contribution in [-0.4, -0.2) is 25.5 Å². The molecule has 4 heteroatoms. The summed E-state index contributed by atoms with van der Waals surface area (Å²) in [5.74, 6) is 5.42. The minimum absolute atomic E-state index is 0.245. The first-order valence-corrected chi connectivity index (χ1v) is 6.80. The lowest BCUT2D eigenvalue weighted by Gasteiger charge is -2.19. The fourth-order valence-electron chi connectivity index (χ4n) is 2.15. The highest BCUT2D eigenvalue weighted by molar-refractivity contribution is 6.30. The van der Waals surface area contributed by atoms with Crippen molar-refractivity contribution in [1.82, 2.24) is 0 Å². The second kappa shape index (κ2) is 6.11. The molecule has 1 heterocycles. The molecule has 2 rings (SSSR count). The van der Waals surface area contributed by atoms with E-state index in [1.54, 1.807) is 19.1 Å². The average Bonchev–Trinajstić information content (AvgIpc) is 2.83. The van der Waals surface area contributed by atoms with E-state index in [1.165, 1.54) is 0 Å². The maximum absolute atomic E-state index is 14.6. The van der Waals surface area contributed by atoms with Gasteiger partial charge in [0.2, 0.25) is 0 Å². The van der Waals surface area contributed by atoms with E-state index in [2.05, 4.69) is 23.6 Å². The first-order valence-electron chi connectivity index (χ1n) is 6.42. The normalized spacial score (nSPS) is 22.4. The van der Waals surface area contributed by atoms with Gasteiger partial charge >= 0.3 is 0 Å². The highest BCUT2D eigenvalue weighted by Crippen LogP contribution is 2.30. The van der Waals surface area contributed by atoms with Gasteiger partial charge in [0.25, 0.3) is 0 Å². The third-order valence-corrected chi connectivity index (χ3v) is 3.49. The van der Waals surface area contributed by atoms with Crippen LogP contribution in [0.25, 0.3) is 0 Å². The van der Waals surface area contributed by atoms with E-state index in [0.717, 1.165) is 5.69 Å². The zero-order valence-corrected chi connectivity index (χ0v) is 12.1. The Labute approximate surface area is 124 Å². The van der Waals surface area contributed by atoms with Crippen LogP contribution in [0.3, 0.4) is 0 Å². The second-order valence-corrected chi connectivity index (χ2v) is 5.14. The molecule has 1 atom stereocenters. The third kappa shape index (κ3) is 3.40. The molecule has 1 aromatic rings. The number of alkyl halides is 1. The molecule has 0 amide bonds. The first-order chi connectivity index (χ1) is 9.56. The lowest BCUT2D eigenvalue weighted by molar-refractivity contribution is 0.274. The van der Waals surface area contributed by atoms with Gasteiger partial charge in [-0.05, 0) is 37.8 Å². The number of benzene rings is 1. The zero-order valence-electron chi connectivity index (χ0n) is 11.4. The van der Waals surface area contributed by atoms with E-state index in [1.807, 2.05) is 23.1 Å². The van der Waals surface area contributed by atoms with Crippen molar-refractivity contribution in [3.05, 3.63) is 41.1 Å². The SMILES string of the molecule is C=NC(C#CC1(F)CCN(c2cccc(Cl)c2)C1)=CC. The quantitative estimate of drug-likeness (QED) is 0.596. The molecule has 1 fully saturated rings. The van der Waals surface area contributed by atoms with Gasteiger partial charge in [0.15, 0.2) is 5.67 Å². The number of nitrogens with zero attached hydrogens (tertiary/aromatic N) is 2. The second-order valence-electron chi connectivity index (χ2n) is 4.70. The van der Waals surface area contributed by atoms with Crippen LogP contribution >= 0.6 is 11.6 Å². The molecule has 1 aliphatic rings. The van der Waals surface area contributed by atoms with Crippen LogP contribution < -0.4 is 4.90 Å². The fraction of sp³-hybridized carbons (Fsp3) is 0.312. The summed E-state index contributed by atoms with van der Waals surface area (Å²) < 4.78 is 14.6. The van der Waals surface area contributed by atoms with Gasteiger partial charge in [-0.3, -0.25) is 4.99 Å². The molecule has 0 radical (unpaired) electrons. The molecule has 0 saturated carbocycles. The minimum Gasteiger partial charge on any atom is -0.367 e. The smallest absolute Gasteiger partial charge is 0.190 e. The summed E-state index contributed by atoms with van der Waals surface area (Å²) in [6.45, 7) is 6.07. The van der Waals surface area contributed by atoms with Gasteiger partial charge < -0.3 is 4.90 Å². The summed E-state index contributed by atoms with van der Waals surface area (Å²) in [6, 6.07) is 7.43. The highest BCUT2D eigenvalue weighted by Gasteiger charge is 2.37. The van der Waals surface area contributed by atoms with Crippen molar-refractivity contribution in [2.24, 2.45) is 4.99 Å². The average molecular weight is 291 g/mol. The van der Waals surface area contributed by atoms with Crippen LogP contribution in [0.4, 0.5) is 10.1 Å². The van der Waals surface area contributed by atoms with Crippen LogP contribution in [0.5, 0.6) is 0 Å². The van der Waals surface area contributed by atoms with Crippen molar-refractivity contribution in [1.29, 1.82) is 0 Å². The Morgan fingerprint density at radius 3 is 3.05 bits per heavy atom. The van der Waals surface area contributed by atoms with Crippen molar-refractivity contribution < 1.29 is 4.39 Å². The Kier molecular flexibility index (Phi) is 4.46. The number of hydrogen-bond acceptors (Lipinski definition) is 2. The molecule has 1 aliphatic heterocycles. The van der Waals surface area contributed by atoms with Crippen LogP contribution in [0.2, 0.25) is 5.02 Å². The zero-order chi connectivity index (χ0) is 14.6. The molecular formula is C16H16ClFN2. The summed E-state index contributed by atoms with van der Waals surface area (Å²) in [4.78, 5) is 5.68. The number of rotatable bonds is 2. The summed E-state index contributed by atoms with van der Waals surface area (Å²) >= 11 is 5.96. The molecule has 0 aliphatic carbocycles. The van der Waals surface area contributed by atoms with Gasteiger partial charge in [0, 0.05) is 23.7 Å². The Bertz CT molecular complexity index is 600. The summed E-state index contributed by atoms with van der Waals surface area (Å²) in [7, 11) is 0. The topological polar surface area (TPSA) is 15.6 Å². The summed E-state index contributed by atoms with van der Waals surface area (Å²) in [5.41, 5.74) is -0.0866. The standard InChI is InChI=1S/C16H16ClFN2/c1-3-14(19-2)7-8-16(18)9-10-20(12-16)15-6-4-5-13(17)11-15/h3-6,11H,2,9-10,12H2,1H3. The largest absolute Gasteiger partial charge is 0.367 e. The van der Waals surface area contributed by atoms with Crippen LogP contribution in [-0.2, 0) is 0 Å². The number of hydrogen-bond donors (Lipinski definition) is 0. The number of halogens is 2. The van der Waals surface area contributed by atoms with E-state index in [4.69, 9.17) is 11.6 Å². The van der Waals surface area contributed by atoms with Crippen LogP contribution in [0.15, 0.2) is 41.0 Å². The van der Waals surface area contributed by atoms with Gasteiger partial charge in [0.05, 0.1) is 6.54 Å². The van der Waals surface area contributed by atoms with Crippen molar-refractivity contribution in [2.45, 2.75) is 19.0 Å². The van der Waals surface area contributed by atoms with Crippen molar-refractivity contribution >= 4 is 24.0 Å². The maximum Gasteiger partial charge on any atom is 0.190 e. The molecule has 1 aromatic carbocycles. The minimum atomic E-state index is -1.51. The Morgan fingerprint density at radius 1 is 1.60 bits per heavy atom. The van der Waals surface area contributed by atoms with Crippen molar-refractivity contribution in [2.75, 3.05) is 18.0 Å². The van der Waals surface area contributed by atoms with E-state index >= 15 is 0 Å². The number of anilines is 1. The summed E-state index contributed by atoms with van der Waals surface area (Å²) in [5, 5.41) is 0.650.